The Morgan fingerprint density at radius 1 is 0.533 bits per heavy atom. The first-order valence-electron chi connectivity index (χ1n) is 14.5. The molecule has 8 heteroatoms. The normalized spacial score (nSPS) is 11.7. The average Bonchev–Trinajstić information content (AvgIpc) is 3.88. The summed E-state index contributed by atoms with van der Waals surface area (Å²) in [5, 5.41) is 12.6. The summed E-state index contributed by atoms with van der Waals surface area (Å²) in [6.45, 7) is 0. The lowest BCUT2D eigenvalue weighted by atomic mass is 10.0. The first-order valence-corrected chi connectivity index (χ1v) is 14.5. The summed E-state index contributed by atoms with van der Waals surface area (Å²) in [5.41, 5.74) is 17.0. The van der Waals surface area contributed by atoms with E-state index in [0.717, 1.165) is 44.4 Å². The van der Waals surface area contributed by atoms with E-state index < -0.39 is 4.92 Å². The molecule has 4 aromatic heterocycles. The van der Waals surface area contributed by atoms with Crippen molar-refractivity contribution in [3.63, 3.8) is 0 Å². The van der Waals surface area contributed by atoms with Gasteiger partial charge in [-0.15, -0.1) is 0 Å². The average molecular weight is 587 g/mol. The summed E-state index contributed by atoms with van der Waals surface area (Å²) in [5.74, 6) is 0. The van der Waals surface area contributed by atoms with E-state index in [9.17, 15) is 10.1 Å². The standard InChI is InChI=1S/C37H26N6O2/c38-34-35-30-21-20-28(41-30)32(23-12-6-2-7-13-23)26-17-16-25(39-26)31(22-10-4-1-5-11-22)27-18-19-29(40-27)33(24-14-8-3-9-15-24)36(42-35)37(34)43(44)45/h1-21,39-40,42H,38H2. The van der Waals surface area contributed by atoms with Crippen LogP contribution in [0.1, 0.15) is 11.4 Å². The van der Waals surface area contributed by atoms with Crippen LogP contribution in [0.5, 0.6) is 0 Å². The molecule has 0 amide bonds. The lowest BCUT2D eigenvalue weighted by Crippen LogP contribution is -1.93. The number of nitrogens with two attached hydrogens (primary N) is 1. The zero-order valence-corrected chi connectivity index (χ0v) is 23.9. The summed E-state index contributed by atoms with van der Waals surface area (Å²) in [6, 6.07) is 37.9. The van der Waals surface area contributed by atoms with Crippen molar-refractivity contribution in [3.05, 3.63) is 137 Å². The lowest BCUT2D eigenvalue weighted by Gasteiger charge is -2.05. The molecule has 0 unspecified atom stereocenters. The fourth-order valence-corrected chi connectivity index (χ4v) is 6.24. The monoisotopic (exact) mass is 586 g/mol. The Bertz CT molecular complexity index is 2400. The van der Waals surface area contributed by atoms with Gasteiger partial charge in [0.05, 0.1) is 21.8 Å². The SMILES string of the molecule is Nc1c([N+](=O)[O-])c2[nH]c1c1nc(c(-c3ccccc3)c3ccc([nH]3)c(-c3ccccc3)c3ccc([nH]3)c2-c2ccccc2)C=C1. The number of aromatic amines is 3. The van der Waals surface area contributed by atoms with Gasteiger partial charge in [0.1, 0.15) is 11.2 Å². The van der Waals surface area contributed by atoms with Gasteiger partial charge in [0, 0.05) is 38.8 Å². The fourth-order valence-electron chi connectivity index (χ4n) is 6.24. The van der Waals surface area contributed by atoms with E-state index in [0.29, 0.717) is 33.5 Å². The minimum atomic E-state index is -0.423. The largest absolute Gasteiger partial charge is 0.391 e. The van der Waals surface area contributed by atoms with Gasteiger partial charge in [0.15, 0.2) is 0 Å². The van der Waals surface area contributed by atoms with Crippen molar-refractivity contribution < 1.29 is 4.92 Å². The van der Waals surface area contributed by atoms with Crippen molar-refractivity contribution in [2.75, 3.05) is 5.73 Å². The number of rotatable bonds is 4. The van der Waals surface area contributed by atoms with Gasteiger partial charge in [0.2, 0.25) is 0 Å². The van der Waals surface area contributed by atoms with Gasteiger partial charge in [-0.3, -0.25) is 10.1 Å². The van der Waals surface area contributed by atoms with Gasteiger partial charge in [-0.2, -0.15) is 0 Å². The second-order valence-electron chi connectivity index (χ2n) is 10.9. The maximum atomic E-state index is 12.6. The molecule has 0 fully saturated rings. The van der Waals surface area contributed by atoms with E-state index in [4.69, 9.17) is 10.7 Å². The minimum Gasteiger partial charge on any atom is -0.391 e. The van der Waals surface area contributed by atoms with E-state index in [2.05, 4.69) is 39.2 Å². The molecule has 45 heavy (non-hydrogen) atoms. The van der Waals surface area contributed by atoms with Crippen molar-refractivity contribution in [2.24, 2.45) is 0 Å². The number of fused-ring (bicyclic) bond motifs is 9. The van der Waals surface area contributed by atoms with Gasteiger partial charge in [-0.05, 0) is 53.1 Å². The van der Waals surface area contributed by atoms with Crippen LogP contribution in [-0.4, -0.2) is 24.9 Å². The smallest absolute Gasteiger partial charge is 0.318 e. The Balaban J connectivity index is 1.63. The van der Waals surface area contributed by atoms with Crippen molar-refractivity contribution in [3.8, 4) is 33.4 Å². The van der Waals surface area contributed by atoms with Crippen LogP contribution in [0.4, 0.5) is 11.4 Å². The number of nitrogens with one attached hydrogen (secondary N) is 3. The first-order chi connectivity index (χ1) is 22.1. The molecular weight excluding hydrogens is 560 g/mol. The van der Waals surface area contributed by atoms with Gasteiger partial charge < -0.3 is 20.7 Å². The highest BCUT2D eigenvalue weighted by molar-refractivity contribution is 6.06. The molecule has 8 bridgehead atoms. The Labute approximate surface area is 257 Å². The lowest BCUT2D eigenvalue weighted by molar-refractivity contribution is -0.382. The van der Waals surface area contributed by atoms with Crippen LogP contribution in [0.3, 0.4) is 0 Å². The predicted octanol–water partition coefficient (Wildman–Crippen LogP) is 9.19. The second kappa shape index (κ2) is 10.4. The molecule has 1 aliphatic heterocycles. The molecule has 0 spiro atoms. The molecule has 5 N–H and O–H groups in total. The van der Waals surface area contributed by atoms with Crippen LogP contribution < -0.4 is 5.73 Å². The summed E-state index contributed by atoms with van der Waals surface area (Å²) in [4.78, 5) is 27.8. The number of nitrogen functional groups attached to an aromatic ring is 1. The summed E-state index contributed by atoms with van der Waals surface area (Å²) in [6.07, 6.45) is 3.77. The number of H-pyrrole nitrogens is 3. The first kappa shape index (κ1) is 26.2. The molecule has 8 rings (SSSR count). The number of benzene rings is 3. The van der Waals surface area contributed by atoms with Crippen LogP contribution in [0.2, 0.25) is 0 Å². The van der Waals surface area contributed by atoms with Crippen LogP contribution >= 0.6 is 0 Å². The van der Waals surface area contributed by atoms with E-state index in [1.54, 1.807) is 0 Å². The second-order valence-corrected chi connectivity index (χ2v) is 10.9. The zero-order chi connectivity index (χ0) is 30.5. The molecule has 8 nitrogen and oxygen atoms in total. The van der Waals surface area contributed by atoms with E-state index in [-0.39, 0.29) is 11.4 Å². The highest BCUT2D eigenvalue weighted by atomic mass is 16.6. The molecule has 1 aliphatic rings. The van der Waals surface area contributed by atoms with Crippen molar-refractivity contribution in [1.29, 1.82) is 0 Å². The molecule has 7 aromatic rings. The van der Waals surface area contributed by atoms with Crippen LogP contribution in [0.15, 0.2) is 115 Å². The van der Waals surface area contributed by atoms with Crippen LogP contribution in [0.25, 0.3) is 78.6 Å². The van der Waals surface area contributed by atoms with Gasteiger partial charge in [0.25, 0.3) is 0 Å². The number of aromatic nitrogens is 4. The molecule has 0 atom stereocenters. The number of anilines is 1. The number of nitro groups is 1. The zero-order valence-electron chi connectivity index (χ0n) is 23.9. The summed E-state index contributed by atoms with van der Waals surface area (Å²) < 4.78 is 0. The van der Waals surface area contributed by atoms with Crippen LogP contribution in [0, 0.1) is 10.1 Å². The van der Waals surface area contributed by atoms with E-state index in [1.807, 2.05) is 103 Å². The Hall–Kier alpha value is -6.41. The van der Waals surface area contributed by atoms with Crippen molar-refractivity contribution in [2.45, 2.75) is 0 Å². The summed E-state index contributed by atoms with van der Waals surface area (Å²) >= 11 is 0. The maximum absolute atomic E-state index is 12.6. The molecule has 0 saturated carbocycles. The Kier molecular flexibility index (Phi) is 6.06. The highest BCUT2D eigenvalue weighted by Gasteiger charge is 2.26. The molecule has 3 aromatic carbocycles. The molecule has 5 heterocycles. The Morgan fingerprint density at radius 3 is 1.51 bits per heavy atom. The van der Waals surface area contributed by atoms with Gasteiger partial charge >= 0.3 is 5.69 Å². The van der Waals surface area contributed by atoms with Crippen molar-refractivity contribution in [1.82, 2.24) is 19.9 Å². The number of nitrogens with zero attached hydrogens (tertiary/aromatic N) is 2. The third-order valence-corrected chi connectivity index (χ3v) is 8.23. The Morgan fingerprint density at radius 2 is 0.978 bits per heavy atom. The molecule has 0 aliphatic carbocycles. The van der Waals surface area contributed by atoms with Crippen LogP contribution in [-0.2, 0) is 0 Å². The highest BCUT2D eigenvalue weighted by Crippen LogP contribution is 2.41. The van der Waals surface area contributed by atoms with Gasteiger partial charge in [-0.1, -0.05) is 91.0 Å². The molecule has 0 radical (unpaired) electrons. The summed E-state index contributed by atoms with van der Waals surface area (Å²) in [7, 11) is 0. The fraction of sp³-hybridized carbons (Fsp3) is 0. The molecule has 0 saturated heterocycles. The van der Waals surface area contributed by atoms with Gasteiger partial charge in [-0.25, -0.2) is 4.98 Å². The van der Waals surface area contributed by atoms with Crippen molar-refractivity contribution >= 4 is 56.6 Å². The maximum Gasteiger partial charge on any atom is 0.318 e. The van der Waals surface area contributed by atoms with E-state index in [1.165, 1.54) is 0 Å². The third kappa shape index (κ3) is 4.35. The number of hydrogen-bond donors (Lipinski definition) is 4. The molecule has 216 valence electrons. The predicted molar refractivity (Wildman–Crippen MR) is 183 cm³/mol. The topological polar surface area (TPSA) is 129 Å². The number of hydrogen-bond acceptors (Lipinski definition) is 4. The molecular formula is C37H26N6O2. The minimum absolute atomic E-state index is 0.0342. The van der Waals surface area contributed by atoms with E-state index >= 15 is 0 Å². The quantitative estimate of drug-likeness (QED) is 0.121. The third-order valence-electron chi connectivity index (χ3n) is 8.23.